The van der Waals surface area contributed by atoms with Crippen molar-refractivity contribution in [1.82, 2.24) is 14.9 Å². The van der Waals surface area contributed by atoms with Crippen molar-refractivity contribution in [3.63, 3.8) is 0 Å². The van der Waals surface area contributed by atoms with E-state index in [2.05, 4.69) is 9.97 Å². The Morgan fingerprint density at radius 1 is 1.62 bits per heavy atom. The molecular formula is C11H17N3O2. The first-order valence-corrected chi connectivity index (χ1v) is 5.73. The van der Waals surface area contributed by atoms with Gasteiger partial charge in [0.05, 0.1) is 12.5 Å². The predicted octanol–water partition coefficient (Wildman–Crippen LogP) is 0.787. The van der Waals surface area contributed by atoms with Gasteiger partial charge in [0.1, 0.15) is 5.69 Å². The lowest BCUT2D eigenvalue weighted by Crippen LogP contribution is -2.45. The van der Waals surface area contributed by atoms with Crippen molar-refractivity contribution in [3.05, 3.63) is 18.2 Å². The zero-order valence-electron chi connectivity index (χ0n) is 9.22. The number of carbonyl (C=O) groups excluding carboxylic acids is 1. The number of hydrogen-bond acceptors (Lipinski definition) is 3. The van der Waals surface area contributed by atoms with Crippen LogP contribution in [0.5, 0.6) is 0 Å². The number of imidazole rings is 1. The van der Waals surface area contributed by atoms with E-state index in [1.807, 2.05) is 4.90 Å². The molecule has 0 unspecified atom stereocenters. The van der Waals surface area contributed by atoms with Crippen molar-refractivity contribution in [2.75, 3.05) is 13.2 Å². The fourth-order valence-corrected chi connectivity index (χ4v) is 1.92. The summed E-state index contributed by atoms with van der Waals surface area (Å²) in [5, 5.41) is 8.84. The third-order valence-electron chi connectivity index (χ3n) is 3.06. The molecule has 1 aromatic heterocycles. The van der Waals surface area contributed by atoms with Gasteiger partial charge >= 0.3 is 0 Å². The molecule has 16 heavy (non-hydrogen) atoms. The number of hydrogen-bond donors (Lipinski definition) is 2. The SMILES string of the molecule is O=C(c1cnc[nH]1)N(CCCO)C1CCC1. The van der Waals surface area contributed by atoms with Gasteiger partial charge in [0.2, 0.25) is 0 Å². The molecule has 0 aliphatic heterocycles. The average Bonchev–Trinajstić information content (AvgIpc) is 2.73. The highest BCUT2D eigenvalue weighted by Crippen LogP contribution is 2.25. The quantitative estimate of drug-likeness (QED) is 0.775. The molecule has 1 aromatic rings. The third kappa shape index (κ3) is 2.24. The molecular weight excluding hydrogens is 206 g/mol. The Morgan fingerprint density at radius 2 is 2.44 bits per heavy atom. The number of nitrogens with one attached hydrogen (secondary N) is 1. The lowest BCUT2D eigenvalue weighted by molar-refractivity contribution is 0.0557. The smallest absolute Gasteiger partial charge is 0.272 e. The van der Waals surface area contributed by atoms with Gasteiger partial charge in [-0.2, -0.15) is 0 Å². The predicted molar refractivity (Wildman–Crippen MR) is 59.0 cm³/mol. The normalized spacial score (nSPS) is 15.8. The molecule has 1 aliphatic carbocycles. The Balaban J connectivity index is 2.02. The second-order valence-corrected chi connectivity index (χ2v) is 4.13. The average molecular weight is 223 g/mol. The molecule has 1 amide bonds. The van der Waals surface area contributed by atoms with Crippen molar-refractivity contribution >= 4 is 5.91 Å². The first kappa shape index (κ1) is 11.1. The van der Waals surface area contributed by atoms with Gasteiger partial charge in [-0.15, -0.1) is 0 Å². The van der Waals surface area contributed by atoms with Crippen molar-refractivity contribution in [2.24, 2.45) is 0 Å². The molecule has 1 heterocycles. The fourth-order valence-electron chi connectivity index (χ4n) is 1.92. The summed E-state index contributed by atoms with van der Waals surface area (Å²) in [6.45, 7) is 0.749. The van der Waals surface area contributed by atoms with Crippen LogP contribution in [-0.2, 0) is 0 Å². The summed E-state index contributed by atoms with van der Waals surface area (Å²) in [7, 11) is 0. The maximum Gasteiger partial charge on any atom is 0.272 e. The number of amides is 1. The molecule has 1 saturated carbocycles. The molecule has 2 rings (SSSR count). The van der Waals surface area contributed by atoms with Crippen LogP contribution in [0.3, 0.4) is 0 Å². The standard InChI is InChI=1S/C11H17N3O2/c15-6-2-5-14(9-3-1-4-9)11(16)10-7-12-8-13-10/h7-9,15H,1-6H2,(H,12,13). The molecule has 0 saturated heterocycles. The zero-order chi connectivity index (χ0) is 11.4. The van der Waals surface area contributed by atoms with Crippen LogP contribution in [0.15, 0.2) is 12.5 Å². The minimum Gasteiger partial charge on any atom is -0.396 e. The summed E-state index contributed by atoms with van der Waals surface area (Å²) in [6.07, 6.45) is 7.04. The highest BCUT2D eigenvalue weighted by atomic mass is 16.3. The highest BCUT2D eigenvalue weighted by molar-refractivity contribution is 5.92. The number of aliphatic hydroxyl groups excluding tert-OH is 1. The van der Waals surface area contributed by atoms with Crippen LogP contribution in [0, 0.1) is 0 Å². The second-order valence-electron chi connectivity index (χ2n) is 4.13. The van der Waals surface area contributed by atoms with E-state index in [0.29, 0.717) is 24.7 Å². The van der Waals surface area contributed by atoms with E-state index in [0.717, 1.165) is 12.8 Å². The van der Waals surface area contributed by atoms with Crippen molar-refractivity contribution in [1.29, 1.82) is 0 Å². The monoisotopic (exact) mass is 223 g/mol. The molecule has 0 aromatic carbocycles. The summed E-state index contributed by atoms with van der Waals surface area (Å²) in [5.74, 6) is -0.00403. The number of carbonyl (C=O) groups is 1. The molecule has 0 spiro atoms. The lowest BCUT2D eigenvalue weighted by Gasteiger charge is -2.37. The third-order valence-corrected chi connectivity index (χ3v) is 3.06. The fraction of sp³-hybridized carbons (Fsp3) is 0.636. The molecule has 0 atom stereocenters. The van der Waals surface area contributed by atoms with E-state index >= 15 is 0 Å². The van der Waals surface area contributed by atoms with Crippen LogP contribution in [0.25, 0.3) is 0 Å². The Morgan fingerprint density at radius 3 is 2.94 bits per heavy atom. The minimum absolute atomic E-state index is 0.00403. The Bertz CT molecular complexity index is 333. The highest BCUT2D eigenvalue weighted by Gasteiger charge is 2.29. The zero-order valence-corrected chi connectivity index (χ0v) is 9.22. The molecule has 0 radical (unpaired) electrons. The van der Waals surface area contributed by atoms with Crippen molar-refractivity contribution in [2.45, 2.75) is 31.7 Å². The molecule has 5 heteroatoms. The van der Waals surface area contributed by atoms with Gasteiger partial charge in [-0.25, -0.2) is 4.98 Å². The molecule has 2 N–H and O–H groups in total. The van der Waals surface area contributed by atoms with E-state index in [-0.39, 0.29) is 12.5 Å². The van der Waals surface area contributed by atoms with Crippen LogP contribution < -0.4 is 0 Å². The second kappa shape index (κ2) is 5.12. The topological polar surface area (TPSA) is 69.2 Å². The summed E-state index contributed by atoms with van der Waals surface area (Å²) in [6, 6.07) is 0.349. The maximum absolute atomic E-state index is 12.1. The van der Waals surface area contributed by atoms with Gasteiger partial charge in [0.15, 0.2) is 0 Å². The van der Waals surface area contributed by atoms with E-state index in [1.54, 1.807) is 6.20 Å². The Labute approximate surface area is 94.5 Å². The van der Waals surface area contributed by atoms with E-state index in [4.69, 9.17) is 5.11 Å². The van der Waals surface area contributed by atoms with Gasteiger partial charge in [0.25, 0.3) is 5.91 Å². The number of aromatic amines is 1. The number of H-pyrrole nitrogens is 1. The van der Waals surface area contributed by atoms with Gasteiger partial charge in [-0.05, 0) is 25.7 Å². The van der Waals surface area contributed by atoms with Crippen LogP contribution in [-0.4, -0.2) is 45.1 Å². The molecule has 1 aliphatic rings. The van der Waals surface area contributed by atoms with Gasteiger partial charge < -0.3 is 15.0 Å². The van der Waals surface area contributed by atoms with E-state index in [9.17, 15) is 4.79 Å². The first-order valence-electron chi connectivity index (χ1n) is 5.73. The summed E-state index contributed by atoms with van der Waals surface area (Å²) >= 11 is 0. The van der Waals surface area contributed by atoms with Crippen LogP contribution in [0.1, 0.15) is 36.2 Å². The Hall–Kier alpha value is -1.36. The van der Waals surface area contributed by atoms with E-state index < -0.39 is 0 Å². The Kier molecular flexibility index (Phi) is 3.56. The number of aliphatic hydroxyl groups is 1. The number of nitrogens with zero attached hydrogens (tertiary/aromatic N) is 2. The molecule has 1 fully saturated rings. The van der Waals surface area contributed by atoms with Crippen molar-refractivity contribution in [3.8, 4) is 0 Å². The number of aromatic nitrogens is 2. The van der Waals surface area contributed by atoms with E-state index in [1.165, 1.54) is 12.7 Å². The maximum atomic E-state index is 12.1. The number of rotatable bonds is 5. The summed E-state index contributed by atoms with van der Waals surface area (Å²) < 4.78 is 0. The summed E-state index contributed by atoms with van der Waals surface area (Å²) in [4.78, 5) is 20.7. The molecule has 0 bridgehead atoms. The van der Waals surface area contributed by atoms with Crippen LogP contribution in [0.2, 0.25) is 0 Å². The largest absolute Gasteiger partial charge is 0.396 e. The van der Waals surface area contributed by atoms with Crippen molar-refractivity contribution < 1.29 is 9.90 Å². The van der Waals surface area contributed by atoms with Gasteiger partial charge in [-0.3, -0.25) is 4.79 Å². The first-order chi connectivity index (χ1) is 7.83. The lowest BCUT2D eigenvalue weighted by atomic mass is 9.91. The minimum atomic E-state index is -0.00403. The van der Waals surface area contributed by atoms with Gasteiger partial charge in [0, 0.05) is 19.2 Å². The summed E-state index contributed by atoms with van der Waals surface area (Å²) in [5.41, 5.74) is 0.532. The van der Waals surface area contributed by atoms with Crippen LogP contribution in [0.4, 0.5) is 0 Å². The molecule has 88 valence electrons. The van der Waals surface area contributed by atoms with Crippen LogP contribution >= 0.6 is 0 Å². The molecule has 5 nitrogen and oxygen atoms in total. The van der Waals surface area contributed by atoms with Gasteiger partial charge in [-0.1, -0.05) is 0 Å².